The van der Waals surface area contributed by atoms with Crippen molar-refractivity contribution in [2.45, 2.75) is 84.7 Å². The number of hydrogen-bond acceptors (Lipinski definition) is 2. The van der Waals surface area contributed by atoms with Crippen molar-refractivity contribution < 1.29 is 0 Å². The average Bonchev–Trinajstić information content (AvgIpc) is 2.39. The van der Waals surface area contributed by atoms with Crippen LogP contribution in [-0.2, 0) is 0 Å². The second-order valence-electron chi connectivity index (χ2n) is 8.34. The average molecular weight is 281 g/mol. The lowest BCUT2D eigenvalue weighted by Crippen LogP contribution is -2.46. The lowest BCUT2D eigenvalue weighted by Gasteiger charge is -2.38. The minimum absolute atomic E-state index is 0.504. The summed E-state index contributed by atoms with van der Waals surface area (Å²) >= 11 is 0. The van der Waals surface area contributed by atoms with Gasteiger partial charge in [-0.3, -0.25) is 0 Å². The smallest absolute Gasteiger partial charge is 0.0169 e. The highest BCUT2D eigenvalue weighted by Crippen LogP contribution is 2.37. The van der Waals surface area contributed by atoms with Crippen LogP contribution in [0.15, 0.2) is 0 Å². The van der Waals surface area contributed by atoms with Crippen LogP contribution in [0.4, 0.5) is 0 Å². The topological polar surface area (TPSA) is 15.3 Å². The van der Waals surface area contributed by atoms with Crippen LogP contribution >= 0.6 is 0 Å². The molecule has 1 aliphatic heterocycles. The van der Waals surface area contributed by atoms with E-state index in [2.05, 4.69) is 37.9 Å². The first-order valence-electron chi connectivity index (χ1n) is 8.93. The van der Waals surface area contributed by atoms with Crippen LogP contribution in [0.1, 0.15) is 72.6 Å². The normalized spacial score (nSPS) is 31.2. The molecular formula is C18H36N2. The Morgan fingerprint density at radius 1 is 1.00 bits per heavy atom. The predicted octanol–water partition coefficient (Wildman–Crippen LogP) is 4.06. The third kappa shape index (κ3) is 5.04. The first-order valence-corrected chi connectivity index (χ1v) is 8.93. The van der Waals surface area contributed by atoms with E-state index in [4.69, 9.17) is 0 Å². The Labute approximate surface area is 126 Å². The van der Waals surface area contributed by atoms with Crippen LogP contribution in [0.5, 0.6) is 0 Å². The summed E-state index contributed by atoms with van der Waals surface area (Å²) in [6.45, 7) is 13.5. The van der Waals surface area contributed by atoms with Crippen molar-refractivity contribution in [3.05, 3.63) is 0 Å². The maximum atomic E-state index is 3.90. The largest absolute Gasteiger partial charge is 0.310 e. The summed E-state index contributed by atoms with van der Waals surface area (Å²) < 4.78 is 0. The van der Waals surface area contributed by atoms with Crippen molar-refractivity contribution in [3.63, 3.8) is 0 Å². The van der Waals surface area contributed by atoms with Crippen LogP contribution in [0.3, 0.4) is 0 Å². The van der Waals surface area contributed by atoms with Gasteiger partial charge in [0.1, 0.15) is 0 Å². The Morgan fingerprint density at radius 2 is 1.60 bits per heavy atom. The Morgan fingerprint density at radius 3 is 2.15 bits per heavy atom. The summed E-state index contributed by atoms with van der Waals surface area (Å²) in [6.07, 6.45) is 9.84. The van der Waals surface area contributed by atoms with Gasteiger partial charge in [-0.1, -0.05) is 27.2 Å². The first-order chi connectivity index (χ1) is 9.45. The number of nitrogens with one attached hydrogen (secondary N) is 1. The number of hydrogen-bond donors (Lipinski definition) is 1. The third-order valence-electron chi connectivity index (χ3n) is 5.45. The van der Waals surface area contributed by atoms with E-state index in [0.29, 0.717) is 11.5 Å². The molecule has 0 amide bonds. The van der Waals surface area contributed by atoms with Gasteiger partial charge in [0.25, 0.3) is 0 Å². The second kappa shape index (κ2) is 7.26. The van der Waals surface area contributed by atoms with Crippen LogP contribution < -0.4 is 5.32 Å². The maximum absolute atomic E-state index is 3.90. The van der Waals surface area contributed by atoms with E-state index in [-0.39, 0.29) is 0 Å². The highest BCUT2D eigenvalue weighted by Gasteiger charge is 2.30. The van der Waals surface area contributed by atoms with E-state index >= 15 is 0 Å². The molecule has 1 heterocycles. The van der Waals surface area contributed by atoms with E-state index < -0.39 is 0 Å². The van der Waals surface area contributed by atoms with E-state index in [1.807, 2.05) is 0 Å². The zero-order chi connectivity index (χ0) is 14.6. The van der Waals surface area contributed by atoms with E-state index in [1.165, 1.54) is 64.6 Å². The molecule has 0 aromatic heterocycles. The van der Waals surface area contributed by atoms with E-state index in [9.17, 15) is 0 Å². The molecule has 2 aliphatic rings. The molecule has 0 spiro atoms. The van der Waals surface area contributed by atoms with Gasteiger partial charge >= 0.3 is 0 Å². The third-order valence-corrected chi connectivity index (χ3v) is 5.45. The molecule has 1 unspecified atom stereocenters. The molecule has 0 bridgehead atoms. The van der Waals surface area contributed by atoms with Gasteiger partial charge in [0.2, 0.25) is 0 Å². The molecule has 0 radical (unpaired) electrons. The fourth-order valence-electron chi connectivity index (χ4n) is 4.11. The first kappa shape index (κ1) is 16.3. The van der Waals surface area contributed by atoms with Gasteiger partial charge in [-0.2, -0.15) is 0 Å². The molecule has 2 fully saturated rings. The Hall–Kier alpha value is -0.0800. The summed E-state index contributed by atoms with van der Waals surface area (Å²) in [5.74, 6) is 0.929. The van der Waals surface area contributed by atoms with Gasteiger partial charge in [0.15, 0.2) is 0 Å². The Bertz CT molecular complexity index is 268. The van der Waals surface area contributed by atoms with Crippen molar-refractivity contribution >= 4 is 0 Å². The minimum atomic E-state index is 0.504. The number of piperidine rings is 1. The minimum Gasteiger partial charge on any atom is -0.310 e. The molecule has 2 nitrogen and oxygen atoms in total. The van der Waals surface area contributed by atoms with Crippen molar-refractivity contribution in [1.29, 1.82) is 0 Å². The molecule has 0 aromatic rings. The standard InChI is InChI=1S/C18H36N2/c1-15(14-20-12-6-5-7-13-20)19-17-10-8-16(9-11-17)18(2,3)4/h15-17,19H,5-14H2,1-4H3. The fraction of sp³-hybridized carbons (Fsp3) is 1.00. The number of rotatable bonds is 4. The highest BCUT2D eigenvalue weighted by atomic mass is 15.2. The van der Waals surface area contributed by atoms with Crippen LogP contribution in [0.25, 0.3) is 0 Å². The van der Waals surface area contributed by atoms with Gasteiger partial charge in [-0.05, 0) is 69.9 Å². The highest BCUT2D eigenvalue weighted by molar-refractivity contribution is 4.85. The van der Waals surface area contributed by atoms with Crippen molar-refractivity contribution in [1.82, 2.24) is 10.2 Å². The van der Waals surface area contributed by atoms with Crippen LogP contribution in [0, 0.1) is 11.3 Å². The summed E-state index contributed by atoms with van der Waals surface area (Å²) in [5.41, 5.74) is 0.504. The summed E-state index contributed by atoms with van der Waals surface area (Å²) in [6, 6.07) is 1.43. The zero-order valence-corrected chi connectivity index (χ0v) is 14.3. The molecule has 1 saturated heterocycles. The summed E-state index contributed by atoms with van der Waals surface area (Å²) in [7, 11) is 0. The van der Waals surface area contributed by atoms with Gasteiger partial charge < -0.3 is 10.2 Å². The fourth-order valence-corrected chi connectivity index (χ4v) is 4.11. The molecule has 1 atom stereocenters. The summed E-state index contributed by atoms with van der Waals surface area (Å²) in [4.78, 5) is 2.65. The molecule has 2 rings (SSSR count). The lowest BCUT2D eigenvalue weighted by atomic mass is 9.71. The lowest BCUT2D eigenvalue weighted by molar-refractivity contribution is 0.148. The van der Waals surface area contributed by atoms with Crippen molar-refractivity contribution in [2.75, 3.05) is 19.6 Å². The van der Waals surface area contributed by atoms with Gasteiger partial charge in [-0.25, -0.2) is 0 Å². The molecule has 0 aromatic carbocycles. The number of nitrogens with zero attached hydrogens (tertiary/aromatic N) is 1. The van der Waals surface area contributed by atoms with E-state index in [0.717, 1.165) is 12.0 Å². The van der Waals surface area contributed by atoms with Gasteiger partial charge in [-0.15, -0.1) is 0 Å². The summed E-state index contributed by atoms with van der Waals surface area (Å²) in [5, 5.41) is 3.90. The number of likely N-dealkylation sites (tertiary alicyclic amines) is 1. The van der Waals surface area contributed by atoms with Crippen LogP contribution in [0.2, 0.25) is 0 Å². The molecule has 1 aliphatic carbocycles. The monoisotopic (exact) mass is 280 g/mol. The van der Waals surface area contributed by atoms with Crippen molar-refractivity contribution in [3.8, 4) is 0 Å². The molecule has 1 N–H and O–H groups in total. The predicted molar refractivity (Wildman–Crippen MR) is 88.1 cm³/mol. The molecule has 2 heteroatoms. The SMILES string of the molecule is CC(CN1CCCCC1)NC1CCC(C(C)(C)C)CC1. The molecule has 20 heavy (non-hydrogen) atoms. The zero-order valence-electron chi connectivity index (χ0n) is 14.3. The van der Waals surface area contributed by atoms with Gasteiger partial charge in [0, 0.05) is 18.6 Å². The Kier molecular flexibility index (Phi) is 5.92. The quantitative estimate of drug-likeness (QED) is 0.835. The van der Waals surface area contributed by atoms with Gasteiger partial charge in [0.05, 0.1) is 0 Å². The van der Waals surface area contributed by atoms with Crippen molar-refractivity contribution in [2.24, 2.45) is 11.3 Å². The maximum Gasteiger partial charge on any atom is 0.0169 e. The molecular weight excluding hydrogens is 244 g/mol. The van der Waals surface area contributed by atoms with E-state index in [1.54, 1.807) is 0 Å². The van der Waals surface area contributed by atoms with Crippen LogP contribution in [-0.4, -0.2) is 36.6 Å². The second-order valence-corrected chi connectivity index (χ2v) is 8.34. The molecule has 118 valence electrons. The Balaban J connectivity index is 1.66. The molecule has 1 saturated carbocycles.